The lowest BCUT2D eigenvalue weighted by molar-refractivity contribution is -0.129. The Kier molecular flexibility index (Phi) is 4.87. The maximum Gasteiger partial charge on any atom is 0.351 e. The number of carboxylic acids is 1. The number of allylic oxidation sites excluding steroid dienone is 2. The topological polar surface area (TPSA) is 61.7 Å². The van der Waals surface area contributed by atoms with Crippen molar-refractivity contribution >= 4 is 11.7 Å². The fourth-order valence-electron chi connectivity index (χ4n) is 1.60. The molecule has 2 N–H and O–H groups in total. The maximum atomic E-state index is 10.4. The molecule has 0 saturated heterocycles. The quantitative estimate of drug-likeness (QED) is 0.315. The zero-order chi connectivity index (χ0) is 11.1. The molecule has 0 heterocycles. The molecular formula is C11H18N2O2. The molecule has 0 bridgehead atoms. The van der Waals surface area contributed by atoms with Crippen molar-refractivity contribution in [2.45, 2.75) is 32.6 Å². The summed E-state index contributed by atoms with van der Waals surface area (Å²) in [6.45, 7) is 2.22. The lowest BCUT2D eigenvalue weighted by Gasteiger charge is -2.15. The molecule has 0 aliphatic heterocycles. The van der Waals surface area contributed by atoms with Gasteiger partial charge in [0.2, 0.25) is 0 Å². The zero-order valence-electron chi connectivity index (χ0n) is 9.07. The van der Waals surface area contributed by atoms with Crippen molar-refractivity contribution in [1.82, 2.24) is 5.43 Å². The van der Waals surface area contributed by atoms with Gasteiger partial charge in [-0.25, -0.2) is 4.79 Å². The summed E-state index contributed by atoms with van der Waals surface area (Å²) in [5.41, 5.74) is 2.89. The minimum Gasteiger partial charge on any atom is -0.477 e. The van der Waals surface area contributed by atoms with E-state index in [1.54, 1.807) is 0 Å². The second-order valence-corrected chi connectivity index (χ2v) is 3.82. The molecule has 1 unspecified atom stereocenters. The number of hydrazone groups is 1. The van der Waals surface area contributed by atoms with E-state index < -0.39 is 5.97 Å². The van der Waals surface area contributed by atoms with E-state index in [-0.39, 0.29) is 5.71 Å². The number of nitrogens with one attached hydrogen (secondary N) is 1. The van der Waals surface area contributed by atoms with Crippen LogP contribution in [0.1, 0.15) is 32.6 Å². The number of hydrogen-bond acceptors (Lipinski definition) is 3. The fourth-order valence-corrected chi connectivity index (χ4v) is 1.60. The molecule has 0 spiro atoms. The van der Waals surface area contributed by atoms with Gasteiger partial charge in [0.1, 0.15) is 5.71 Å². The van der Waals surface area contributed by atoms with Gasteiger partial charge >= 0.3 is 5.97 Å². The highest BCUT2D eigenvalue weighted by atomic mass is 16.4. The zero-order valence-corrected chi connectivity index (χ0v) is 9.07. The molecular weight excluding hydrogens is 192 g/mol. The van der Waals surface area contributed by atoms with Gasteiger partial charge in [-0.3, -0.25) is 0 Å². The average Bonchev–Trinajstić information content (AvgIpc) is 2.25. The third-order valence-electron chi connectivity index (χ3n) is 2.54. The highest BCUT2D eigenvalue weighted by Crippen LogP contribution is 2.19. The summed E-state index contributed by atoms with van der Waals surface area (Å²) < 4.78 is 0. The summed E-state index contributed by atoms with van der Waals surface area (Å²) in [5.74, 6) is -0.341. The van der Waals surface area contributed by atoms with E-state index in [1.807, 2.05) is 0 Å². The normalized spacial score (nSPS) is 21.4. The molecule has 1 aliphatic rings. The van der Waals surface area contributed by atoms with Crippen LogP contribution in [0.5, 0.6) is 0 Å². The summed E-state index contributed by atoms with van der Waals surface area (Å²) >= 11 is 0. The molecule has 0 radical (unpaired) electrons. The minimum atomic E-state index is -0.972. The number of nitrogens with zero attached hydrogens (tertiary/aromatic N) is 1. The van der Waals surface area contributed by atoms with Crippen LogP contribution in [0.2, 0.25) is 0 Å². The highest BCUT2D eigenvalue weighted by molar-refractivity contribution is 6.34. The first-order valence-electron chi connectivity index (χ1n) is 5.37. The van der Waals surface area contributed by atoms with Crippen LogP contribution >= 0.6 is 0 Å². The first-order valence-corrected chi connectivity index (χ1v) is 5.37. The van der Waals surface area contributed by atoms with Crippen molar-refractivity contribution in [3.63, 3.8) is 0 Å². The molecule has 4 nitrogen and oxygen atoms in total. The fraction of sp³-hybridized carbons (Fsp3) is 0.636. The molecule has 84 valence electrons. The third kappa shape index (κ3) is 4.63. The molecule has 15 heavy (non-hydrogen) atoms. The predicted octanol–water partition coefficient (Wildman–Crippen LogP) is 1.78. The largest absolute Gasteiger partial charge is 0.477 e. The van der Waals surface area contributed by atoms with Crippen LogP contribution < -0.4 is 5.43 Å². The summed E-state index contributed by atoms with van der Waals surface area (Å²) in [6, 6.07) is 0. The van der Waals surface area contributed by atoms with E-state index in [9.17, 15) is 4.79 Å². The van der Waals surface area contributed by atoms with Gasteiger partial charge in [-0.1, -0.05) is 12.2 Å². The van der Waals surface area contributed by atoms with E-state index >= 15 is 0 Å². The molecule has 0 amide bonds. The second kappa shape index (κ2) is 6.22. The highest BCUT2D eigenvalue weighted by Gasteiger charge is 2.07. The van der Waals surface area contributed by atoms with Crippen LogP contribution in [-0.2, 0) is 4.79 Å². The Morgan fingerprint density at radius 2 is 2.47 bits per heavy atom. The van der Waals surface area contributed by atoms with Gasteiger partial charge in [0.25, 0.3) is 0 Å². The molecule has 0 aromatic carbocycles. The number of rotatable bonds is 5. The molecule has 0 aromatic rings. The van der Waals surface area contributed by atoms with E-state index in [0.29, 0.717) is 5.92 Å². The van der Waals surface area contributed by atoms with Crippen molar-refractivity contribution in [3.8, 4) is 0 Å². The van der Waals surface area contributed by atoms with Crippen LogP contribution in [0.4, 0.5) is 0 Å². The third-order valence-corrected chi connectivity index (χ3v) is 2.54. The summed E-state index contributed by atoms with van der Waals surface area (Å²) in [4.78, 5) is 10.4. The number of hydrogen-bond donors (Lipinski definition) is 2. The lowest BCUT2D eigenvalue weighted by Crippen LogP contribution is -2.18. The molecule has 1 atom stereocenters. The van der Waals surface area contributed by atoms with Crippen LogP contribution in [0.25, 0.3) is 0 Å². The molecule has 0 aromatic heterocycles. The monoisotopic (exact) mass is 210 g/mol. The van der Waals surface area contributed by atoms with Crippen molar-refractivity contribution in [1.29, 1.82) is 0 Å². The summed E-state index contributed by atoms with van der Waals surface area (Å²) in [6.07, 6.45) is 9.18. The Morgan fingerprint density at radius 1 is 1.67 bits per heavy atom. The van der Waals surface area contributed by atoms with Crippen molar-refractivity contribution in [3.05, 3.63) is 12.2 Å². The van der Waals surface area contributed by atoms with Gasteiger partial charge in [0.15, 0.2) is 0 Å². The van der Waals surface area contributed by atoms with Gasteiger partial charge in [0, 0.05) is 6.54 Å². The predicted molar refractivity (Wildman–Crippen MR) is 59.8 cm³/mol. The Labute approximate surface area is 90.1 Å². The Balaban J connectivity index is 2.16. The number of aliphatic carboxylic acids is 1. The number of carboxylic acid groups (broad SMARTS) is 1. The molecule has 1 rings (SSSR count). The standard InChI is InChI=1S/C11H18N2O2/c1-9(11(14)15)13-12-8-7-10-5-3-2-4-6-10/h3,5,10,12H,2,4,6-8H2,1H3,(H,14,15). The van der Waals surface area contributed by atoms with E-state index in [0.717, 1.165) is 13.0 Å². The van der Waals surface area contributed by atoms with Gasteiger partial charge in [0.05, 0.1) is 0 Å². The van der Waals surface area contributed by atoms with Crippen LogP contribution in [-0.4, -0.2) is 23.3 Å². The van der Waals surface area contributed by atoms with Crippen LogP contribution in [0.3, 0.4) is 0 Å². The van der Waals surface area contributed by atoms with Gasteiger partial charge in [-0.2, -0.15) is 5.10 Å². The minimum absolute atomic E-state index is 0.106. The van der Waals surface area contributed by atoms with E-state index in [2.05, 4.69) is 22.7 Å². The van der Waals surface area contributed by atoms with Crippen LogP contribution in [0.15, 0.2) is 17.3 Å². The first kappa shape index (κ1) is 11.8. The number of carbonyl (C=O) groups is 1. The Morgan fingerprint density at radius 3 is 3.07 bits per heavy atom. The maximum absolute atomic E-state index is 10.4. The average molecular weight is 210 g/mol. The Bertz CT molecular complexity index is 272. The first-order chi connectivity index (χ1) is 7.20. The molecule has 4 heteroatoms. The van der Waals surface area contributed by atoms with Gasteiger partial charge in [-0.05, 0) is 38.5 Å². The van der Waals surface area contributed by atoms with Crippen molar-refractivity contribution in [2.24, 2.45) is 11.0 Å². The molecule has 1 aliphatic carbocycles. The lowest BCUT2D eigenvalue weighted by atomic mass is 9.93. The van der Waals surface area contributed by atoms with Crippen LogP contribution in [0, 0.1) is 5.92 Å². The SMILES string of the molecule is CC(=NNCCC1C=CCCC1)C(=O)O. The van der Waals surface area contributed by atoms with E-state index in [1.165, 1.54) is 26.2 Å². The smallest absolute Gasteiger partial charge is 0.351 e. The summed E-state index contributed by atoms with van der Waals surface area (Å²) in [7, 11) is 0. The second-order valence-electron chi connectivity index (χ2n) is 3.82. The Hall–Kier alpha value is -1.32. The molecule has 0 saturated carbocycles. The summed E-state index contributed by atoms with van der Waals surface area (Å²) in [5, 5.41) is 12.3. The molecule has 0 fully saturated rings. The van der Waals surface area contributed by atoms with E-state index in [4.69, 9.17) is 5.11 Å². The van der Waals surface area contributed by atoms with Crippen molar-refractivity contribution in [2.75, 3.05) is 6.54 Å². The van der Waals surface area contributed by atoms with Crippen molar-refractivity contribution < 1.29 is 9.90 Å². The van der Waals surface area contributed by atoms with Gasteiger partial charge in [-0.15, -0.1) is 0 Å². The van der Waals surface area contributed by atoms with Gasteiger partial charge < -0.3 is 10.5 Å².